The van der Waals surface area contributed by atoms with Gasteiger partial charge >= 0.3 is 0 Å². The molecule has 1 amide bonds. The lowest BCUT2D eigenvalue weighted by Crippen LogP contribution is -2.26. The maximum atomic E-state index is 12.1. The minimum atomic E-state index is -0.149. The summed E-state index contributed by atoms with van der Waals surface area (Å²) in [5.74, 6) is 0.771. The molecule has 3 rings (SSSR count). The minimum absolute atomic E-state index is 0.149. The number of aromatic nitrogens is 2. The predicted molar refractivity (Wildman–Crippen MR) is 90.4 cm³/mol. The number of carbonyl (C=O) groups excluding carboxylic acids is 1. The molecule has 4 nitrogen and oxygen atoms in total. The van der Waals surface area contributed by atoms with Gasteiger partial charge in [-0.05, 0) is 30.3 Å². The smallest absolute Gasteiger partial charge is 0.251 e. The fourth-order valence-electron chi connectivity index (χ4n) is 2.26. The van der Waals surface area contributed by atoms with E-state index in [0.29, 0.717) is 23.6 Å². The molecule has 0 saturated heterocycles. The zero-order valence-corrected chi connectivity index (χ0v) is 13.9. The van der Waals surface area contributed by atoms with Gasteiger partial charge in [-0.3, -0.25) is 4.79 Å². The number of carbonyl (C=O) groups is 1. The van der Waals surface area contributed by atoms with Crippen LogP contribution in [0.25, 0.3) is 5.52 Å². The van der Waals surface area contributed by atoms with Gasteiger partial charge in [0, 0.05) is 34.2 Å². The van der Waals surface area contributed by atoms with Crippen molar-refractivity contribution in [2.24, 2.45) is 0 Å². The molecular formula is C16H13BrClN3O. The first-order chi connectivity index (χ1) is 10.6. The SMILES string of the molecule is O=C(NCCc1ncc2ccccn12)c1cc(Cl)cc(Br)c1. The molecule has 6 heteroatoms. The van der Waals surface area contributed by atoms with E-state index in [-0.39, 0.29) is 5.91 Å². The average molecular weight is 379 g/mol. The Morgan fingerprint density at radius 3 is 3.00 bits per heavy atom. The van der Waals surface area contributed by atoms with Gasteiger partial charge in [0.15, 0.2) is 0 Å². The van der Waals surface area contributed by atoms with Crippen LogP contribution in [0.1, 0.15) is 16.2 Å². The fourth-order valence-corrected chi connectivity index (χ4v) is 3.12. The van der Waals surface area contributed by atoms with E-state index in [1.165, 1.54) is 0 Å². The number of nitrogens with one attached hydrogen (secondary N) is 1. The van der Waals surface area contributed by atoms with Gasteiger partial charge in [-0.2, -0.15) is 0 Å². The number of pyridine rings is 1. The van der Waals surface area contributed by atoms with Crippen LogP contribution in [0.2, 0.25) is 5.02 Å². The fraction of sp³-hybridized carbons (Fsp3) is 0.125. The van der Waals surface area contributed by atoms with E-state index in [2.05, 4.69) is 26.2 Å². The van der Waals surface area contributed by atoms with E-state index in [1.807, 2.05) is 35.0 Å². The van der Waals surface area contributed by atoms with E-state index in [0.717, 1.165) is 15.8 Å². The third kappa shape index (κ3) is 3.31. The van der Waals surface area contributed by atoms with Crippen molar-refractivity contribution in [3.63, 3.8) is 0 Å². The van der Waals surface area contributed by atoms with Crippen molar-refractivity contribution in [1.29, 1.82) is 0 Å². The molecule has 112 valence electrons. The maximum Gasteiger partial charge on any atom is 0.251 e. The van der Waals surface area contributed by atoms with Crippen molar-refractivity contribution in [2.45, 2.75) is 6.42 Å². The lowest BCUT2D eigenvalue weighted by atomic mass is 10.2. The lowest BCUT2D eigenvalue weighted by molar-refractivity contribution is 0.0954. The number of rotatable bonds is 4. The van der Waals surface area contributed by atoms with E-state index >= 15 is 0 Å². The van der Waals surface area contributed by atoms with Crippen LogP contribution in [0.3, 0.4) is 0 Å². The van der Waals surface area contributed by atoms with Gasteiger partial charge in [0.1, 0.15) is 5.82 Å². The third-order valence-electron chi connectivity index (χ3n) is 3.27. The number of hydrogen-bond donors (Lipinski definition) is 1. The summed E-state index contributed by atoms with van der Waals surface area (Å²) in [7, 11) is 0. The van der Waals surface area contributed by atoms with Crippen LogP contribution in [0, 0.1) is 0 Å². The van der Waals surface area contributed by atoms with Crippen LogP contribution in [0.5, 0.6) is 0 Å². The molecule has 0 fully saturated rings. The van der Waals surface area contributed by atoms with E-state index in [1.54, 1.807) is 18.2 Å². The maximum absolute atomic E-state index is 12.1. The molecule has 0 spiro atoms. The number of hydrogen-bond acceptors (Lipinski definition) is 2. The molecule has 0 aliphatic rings. The molecule has 1 aromatic carbocycles. The second-order valence-corrected chi connectivity index (χ2v) is 6.19. The number of nitrogens with zero attached hydrogens (tertiary/aromatic N) is 2. The van der Waals surface area contributed by atoms with Crippen LogP contribution in [0.15, 0.2) is 53.3 Å². The first-order valence-corrected chi connectivity index (χ1v) is 7.96. The topological polar surface area (TPSA) is 46.4 Å². The van der Waals surface area contributed by atoms with Crippen molar-refractivity contribution >= 4 is 39.0 Å². The normalized spacial score (nSPS) is 10.8. The van der Waals surface area contributed by atoms with Gasteiger partial charge in [-0.1, -0.05) is 33.6 Å². The van der Waals surface area contributed by atoms with Crippen molar-refractivity contribution in [3.8, 4) is 0 Å². The van der Waals surface area contributed by atoms with E-state index < -0.39 is 0 Å². The number of benzene rings is 1. The molecule has 22 heavy (non-hydrogen) atoms. The lowest BCUT2D eigenvalue weighted by Gasteiger charge is -2.06. The highest BCUT2D eigenvalue weighted by atomic mass is 79.9. The summed E-state index contributed by atoms with van der Waals surface area (Å²) in [5, 5.41) is 3.41. The Hall–Kier alpha value is -1.85. The first-order valence-electron chi connectivity index (χ1n) is 6.79. The molecule has 3 aromatic rings. The predicted octanol–water partition coefficient (Wildman–Crippen LogP) is 3.72. The zero-order chi connectivity index (χ0) is 15.5. The highest BCUT2D eigenvalue weighted by molar-refractivity contribution is 9.10. The van der Waals surface area contributed by atoms with Crippen LogP contribution in [-0.2, 0) is 6.42 Å². The van der Waals surface area contributed by atoms with E-state index in [4.69, 9.17) is 11.6 Å². The highest BCUT2D eigenvalue weighted by Crippen LogP contribution is 2.19. The van der Waals surface area contributed by atoms with E-state index in [9.17, 15) is 4.79 Å². The zero-order valence-electron chi connectivity index (χ0n) is 11.6. The average Bonchev–Trinajstić information content (AvgIpc) is 2.90. The quantitative estimate of drug-likeness (QED) is 0.752. The summed E-state index contributed by atoms with van der Waals surface area (Å²) in [6.45, 7) is 0.511. The Labute approximate surface area is 141 Å². The Morgan fingerprint density at radius 1 is 1.32 bits per heavy atom. The second-order valence-electron chi connectivity index (χ2n) is 4.83. The van der Waals surface area contributed by atoms with Crippen LogP contribution >= 0.6 is 27.5 Å². The summed E-state index contributed by atoms with van der Waals surface area (Å²) >= 11 is 9.28. The van der Waals surface area contributed by atoms with Gasteiger partial charge in [0.05, 0.1) is 11.7 Å². The largest absolute Gasteiger partial charge is 0.352 e. The van der Waals surface area contributed by atoms with Crippen LogP contribution < -0.4 is 5.32 Å². The standard InChI is InChI=1S/C16H13BrClN3O/c17-12-7-11(8-13(18)9-12)16(22)19-5-4-15-20-10-14-3-1-2-6-21(14)15/h1-3,6-10H,4-5H2,(H,19,22). The van der Waals surface area contributed by atoms with Gasteiger partial charge in [0.2, 0.25) is 0 Å². The highest BCUT2D eigenvalue weighted by Gasteiger charge is 2.08. The molecular weight excluding hydrogens is 366 g/mol. The molecule has 2 aromatic heterocycles. The number of fused-ring (bicyclic) bond motifs is 1. The van der Waals surface area contributed by atoms with Crippen LogP contribution in [-0.4, -0.2) is 21.8 Å². The minimum Gasteiger partial charge on any atom is -0.352 e. The summed E-state index contributed by atoms with van der Waals surface area (Å²) in [6, 6.07) is 11.1. The Kier molecular flexibility index (Phi) is 4.45. The third-order valence-corrected chi connectivity index (χ3v) is 3.95. The van der Waals surface area contributed by atoms with Gasteiger partial charge in [-0.25, -0.2) is 4.98 Å². The van der Waals surface area contributed by atoms with Gasteiger partial charge in [-0.15, -0.1) is 0 Å². The summed E-state index contributed by atoms with van der Waals surface area (Å²) < 4.78 is 2.80. The number of amides is 1. The van der Waals surface area contributed by atoms with Crippen molar-refractivity contribution in [1.82, 2.24) is 14.7 Å². The summed E-state index contributed by atoms with van der Waals surface area (Å²) in [5.41, 5.74) is 1.58. The monoisotopic (exact) mass is 377 g/mol. The number of imidazole rings is 1. The van der Waals surface area contributed by atoms with Crippen molar-refractivity contribution in [3.05, 3.63) is 69.7 Å². The Morgan fingerprint density at radius 2 is 2.18 bits per heavy atom. The molecule has 0 atom stereocenters. The van der Waals surface area contributed by atoms with Crippen LogP contribution in [0.4, 0.5) is 0 Å². The van der Waals surface area contributed by atoms with Gasteiger partial charge in [0.25, 0.3) is 5.91 Å². The van der Waals surface area contributed by atoms with Crippen molar-refractivity contribution in [2.75, 3.05) is 6.54 Å². The molecule has 0 aliphatic carbocycles. The number of halogens is 2. The second kappa shape index (κ2) is 6.50. The molecule has 0 saturated carbocycles. The Balaban J connectivity index is 1.64. The first kappa shape index (κ1) is 15.1. The molecule has 1 N–H and O–H groups in total. The molecule has 0 radical (unpaired) electrons. The molecule has 0 aliphatic heterocycles. The van der Waals surface area contributed by atoms with Gasteiger partial charge < -0.3 is 9.72 Å². The molecule has 0 unspecified atom stereocenters. The summed E-state index contributed by atoms with van der Waals surface area (Å²) in [4.78, 5) is 16.5. The Bertz CT molecular complexity index is 811. The van der Waals surface area contributed by atoms with Crippen molar-refractivity contribution < 1.29 is 4.79 Å². The molecule has 0 bridgehead atoms. The molecule has 2 heterocycles. The summed E-state index contributed by atoms with van der Waals surface area (Å²) in [6.07, 6.45) is 4.45.